The second kappa shape index (κ2) is 9.83. The van der Waals surface area contributed by atoms with Crippen molar-refractivity contribution in [3.63, 3.8) is 0 Å². The molecule has 2 amide bonds. The first-order valence-corrected chi connectivity index (χ1v) is 8.17. The van der Waals surface area contributed by atoms with Gasteiger partial charge in [0.2, 0.25) is 5.91 Å². The molecule has 0 spiro atoms. The molecule has 0 unspecified atom stereocenters. The first-order valence-electron chi connectivity index (χ1n) is 8.17. The molecular formula is C19H21N3O4. The van der Waals surface area contributed by atoms with E-state index in [1.54, 1.807) is 25.1 Å². The highest BCUT2D eigenvalue weighted by molar-refractivity contribution is 5.83. The summed E-state index contributed by atoms with van der Waals surface area (Å²) in [6.07, 6.45) is 0.839. The van der Waals surface area contributed by atoms with Crippen LogP contribution in [-0.2, 0) is 9.53 Å². The van der Waals surface area contributed by atoms with Crippen LogP contribution in [-0.4, -0.2) is 29.9 Å². The molecule has 0 bridgehead atoms. The lowest BCUT2D eigenvalue weighted by Gasteiger charge is -2.18. The van der Waals surface area contributed by atoms with E-state index >= 15 is 0 Å². The number of phenolic OH excluding ortho intramolecular Hbond substituents is 1. The first-order chi connectivity index (χ1) is 12.6. The standard InChI is InChI=1S/C19H21N3O4/c1-2-26-19(25)21-17(15-8-4-3-5-9-15)12-18(24)22-20-13-14-7-6-10-16(23)11-14/h3-11,13,17,23H,2,12H2,1H3,(H,21,25)(H,22,24)/b20-13-/t17-/m1/s1. The summed E-state index contributed by atoms with van der Waals surface area (Å²) in [5.41, 5.74) is 3.85. The largest absolute Gasteiger partial charge is 0.508 e. The summed E-state index contributed by atoms with van der Waals surface area (Å²) < 4.78 is 4.89. The Kier molecular flexibility index (Phi) is 7.17. The Balaban J connectivity index is 1.98. The van der Waals surface area contributed by atoms with E-state index in [-0.39, 0.29) is 24.7 Å². The van der Waals surface area contributed by atoms with E-state index in [0.717, 1.165) is 5.56 Å². The third-order valence-electron chi connectivity index (χ3n) is 3.43. The minimum Gasteiger partial charge on any atom is -0.508 e. The molecule has 2 aromatic rings. The van der Waals surface area contributed by atoms with E-state index < -0.39 is 12.1 Å². The van der Waals surface area contributed by atoms with Gasteiger partial charge >= 0.3 is 6.09 Å². The number of carbonyl (C=O) groups excluding carboxylic acids is 2. The van der Waals surface area contributed by atoms with Crippen LogP contribution in [0.25, 0.3) is 0 Å². The number of ether oxygens (including phenoxy) is 1. The molecule has 0 saturated heterocycles. The van der Waals surface area contributed by atoms with E-state index in [0.29, 0.717) is 5.56 Å². The zero-order chi connectivity index (χ0) is 18.8. The van der Waals surface area contributed by atoms with Crippen molar-refractivity contribution in [1.82, 2.24) is 10.7 Å². The van der Waals surface area contributed by atoms with E-state index in [1.807, 2.05) is 30.3 Å². The summed E-state index contributed by atoms with van der Waals surface area (Å²) in [7, 11) is 0. The van der Waals surface area contributed by atoms with Crippen LogP contribution in [0.15, 0.2) is 59.7 Å². The number of carbonyl (C=O) groups is 2. The van der Waals surface area contributed by atoms with Crippen LogP contribution in [0.5, 0.6) is 5.75 Å². The van der Waals surface area contributed by atoms with Crippen molar-refractivity contribution in [3.05, 3.63) is 65.7 Å². The number of rotatable bonds is 7. The van der Waals surface area contributed by atoms with Gasteiger partial charge in [-0.2, -0.15) is 5.10 Å². The molecule has 0 aliphatic carbocycles. The van der Waals surface area contributed by atoms with Gasteiger partial charge in [0.05, 0.1) is 25.3 Å². The molecule has 7 heteroatoms. The molecule has 0 aliphatic heterocycles. The lowest BCUT2D eigenvalue weighted by atomic mass is 10.0. The van der Waals surface area contributed by atoms with Crippen LogP contribution < -0.4 is 10.7 Å². The van der Waals surface area contributed by atoms with E-state index in [4.69, 9.17) is 4.74 Å². The van der Waals surface area contributed by atoms with Gasteiger partial charge in [0, 0.05) is 0 Å². The third-order valence-corrected chi connectivity index (χ3v) is 3.43. The molecule has 0 aliphatic rings. The van der Waals surface area contributed by atoms with Crippen molar-refractivity contribution in [3.8, 4) is 5.75 Å². The van der Waals surface area contributed by atoms with Crippen LogP contribution >= 0.6 is 0 Å². The average Bonchev–Trinajstić information content (AvgIpc) is 2.62. The molecule has 0 aromatic heterocycles. The number of nitrogens with one attached hydrogen (secondary N) is 2. The van der Waals surface area contributed by atoms with E-state index in [2.05, 4.69) is 15.8 Å². The Morgan fingerprint density at radius 3 is 2.65 bits per heavy atom. The summed E-state index contributed by atoms with van der Waals surface area (Å²) in [6.45, 7) is 1.95. The Labute approximate surface area is 151 Å². The maximum absolute atomic E-state index is 12.2. The van der Waals surface area contributed by atoms with Crippen LogP contribution in [0.3, 0.4) is 0 Å². The molecule has 0 heterocycles. The van der Waals surface area contributed by atoms with Crippen molar-refractivity contribution in [2.75, 3.05) is 6.61 Å². The van der Waals surface area contributed by atoms with Gasteiger partial charge in [-0.25, -0.2) is 10.2 Å². The fourth-order valence-electron chi connectivity index (χ4n) is 2.27. The summed E-state index contributed by atoms with van der Waals surface area (Å²) in [6, 6.07) is 15.1. The van der Waals surface area contributed by atoms with Crippen LogP contribution in [0.4, 0.5) is 4.79 Å². The minimum absolute atomic E-state index is 0.000206. The van der Waals surface area contributed by atoms with Gasteiger partial charge in [-0.3, -0.25) is 4.79 Å². The monoisotopic (exact) mass is 355 g/mol. The van der Waals surface area contributed by atoms with Gasteiger partial charge < -0.3 is 15.2 Å². The quantitative estimate of drug-likeness (QED) is 0.525. The summed E-state index contributed by atoms with van der Waals surface area (Å²) >= 11 is 0. The second-order valence-electron chi connectivity index (χ2n) is 5.42. The van der Waals surface area contributed by atoms with E-state index in [9.17, 15) is 14.7 Å². The zero-order valence-electron chi connectivity index (χ0n) is 14.4. The van der Waals surface area contributed by atoms with Crippen molar-refractivity contribution < 1.29 is 19.4 Å². The van der Waals surface area contributed by atoms with Gasteiger partial charge in [-0.1, -0.05) is 42.5 Å². The van der Waals surface area contributed by atoms with Crippen LogP contribution in [0, 0.1) is 0 Å². The first kappa shape index (κ1) is 19.0. The number of nitrogens with zero attached hydrogens (tertiary/aromatic N) is 1. The molecule has 2 rings (SSSR count). The van der Waals surface area contributed by atoms with E-state index in [1.165, 1.54) is 12.3 Å². The van der Waals surface area contributed by atoms with Gasteiger partial charge in [-0.15, -0.1) is 0 Å². The van der Waals surface area contributed by atoms with Crippen LogP contribution in [0.1, 0.15) is 30.5 Å². The number of amides is 2. The van der Waals surface area contributed by atoms with Gasteiger partial charge in [0.1, 0.15) is 5.75 Å². The Morgan fingerprint density at radius 1 is 1.19 bits per heavy atom. The van der Waals surface area contributed by atoms with Gasteiger partial charge in [-0.05, 0) is 30.2 Å². The molecule has 3 N–H and O–H groups in total. The molecule has 0 fully saturated rings. The number of phenols is 1. The highest BCUT2D eigenvalue weighted by Crippen LogP contribution is 2.16. The summed E-state index contributed by atoms with van der Waals surface area (Å²) in [4.78, 5) is 23.9. The number of hydrogen-bond acceptors (Lipinski definition) is 5. The molecule has 136 valence electrons. The number of hydrazone groups is 1. The van der Waals surface area contributed by atoms with Gasteiger partial charge in [0.25, 0.3) is 0 Å². The lowest BCUT2D eigenvalue weighted by Crippen LogP contribution is -2.33. The van der Waals surface area contributed by atoms with Gasteiger partial charge in [0.15, 0.2) is 0 Å². The normalized spacial score (nSPS) is 11.7. The Morgan fingerprint density at radius 2 is 1.96 bits per heavy atom. The van der Waals surface area contributed by atoms with Crippen molar-refractivity contribution in [1.29, 1.82) is 0 Å². The number of aromatic hydroxyl groups is 1. The highest BCUT2D eigenvalue weighted by Gasteiger charge is 2.18. The molecule has 0 saturated carbocycles. The average molecular weight is 355 g/mol. The fourth-order valence-corrected chi connectivity index (χ4v) is 2.27. The minimum atomic E-state index is -0.586. The molecule has 7 nitrogen and oxygen atoms in total. The van der Waals surface area contributed by atoms with Crippen molar-refractivity contribution >= 4 is 18.2 Å². The molecule has 2 aromatic carbocycles. The molecule has 1 atom stereocenters. The van der Waals surface area contributed by atoms with Crippen molar-refractivity contribution in [2.24, 2.45) is 5.10 Å². The topological polar surface area (TPSA) is 100 Å². The number of hydrogen-bond donors (Lipinski definition) is 3. The predicted octanol–water partition coefficient (Wildman–Crippen LogP) is 2.72. The maximum atomic E-state index is 12.2. The Hall–Kier alpha value is -3.35. The highest BCUT2D eigenvalue weighted by atomic mass is 16.5. The lowest BCUT2D eigenvalue weighted by molar-refractivity contribution is -0.121. The van der Waals surface area contributed by atoms with Crippen LogP contribution in [0.2, 0.25) is 0 Å². The maximum Gasteiger partial charge on any atom is 0.407 e. The number of benzene rings is 2. The summed E-state index contributed by atoms with van der Waals surface area (Å²) in [5.74, 6) is -0.255. The smallest absolute Gasteiger partial charge is 0.407 e. The predicted molar refractivity (Wildman–Crippen MR) is 97.8 cm³/mol. The molecule has 26 heavy (non-hydrogen) atoms. The zero-order valence-corrected chi connectivity index (χ0v) is 14.4. The number of alkyl carbamates (subject to hydrolysis) is 1. The molecule has 0 radical (unpaired) electrons. The van der Waals surface area contributed by atoms with Crippen molar-refractivity contribution in [2.45, 2.75) is 19.4 Å². The summed E-state index contributed by atoms with van der Waals surface area (Å²) in [5, 5.41) is 15.9. The molecular weight excluding hydrogens is 334 g/mol. The fraction of sp³-hybridized carbons (Fsp3) is 0.211. The third kappa shape index (κ3) is 6.27. The Bertz CT molecular complexity index is 762. The SMILES string of the molecule is CCOC(=O)N[C@H](CC(=O)N/N=C\c1cccc(O)c1)c1ccccc1. The second-order valence-corrected chi connectivity index (χ2v) is 5.42.